The number of rotatable bonds is 4. The van der Waals surface area contributed by atoms with Gasteiger partial charge in [0, 0.05) is 19.6 Å². The van der Waals surface area contributed by atoms with Gasteiger partial charge in [0.1, 0.15) is 11.6 Å². The summed E-state index contributed by atoms with van der Waals surface area (Å²) in [7, 11) is 0. The molecule has 0 aliphatic carbocycles. The van der Waals surface area contributed by atoms with Crippen molar-refractivity contribution in [1.29, 1.82) is 0 Å². The molecule has 4 nitrogen and oxygen atoms in total. The molecule has 2 rings (SSSR count). The predicted octanol–water partition coefficient (Wildman–Crippen LogP) is 2.88. The van der Waals surface area contributed by atoms with Gasteiger partial charge in [0.2, 0.25) is 0 Å². The van der Waals surface area contributed by atoms with Gasteiger partial charge in [0.05, 0.1) is 11.7 Å². The van der Waals surface area contributed by atoms with E-state index in [-0.39, 0.29) is 11.6 Å². The first-order valence-electron chi connectivity index (χ1n) is 7.16. The van der Waals surface area contributed by atoms with Gasteiger partial charge in [-0.25, -0.2) is 4.98 Å². The highest BCUT2D eigenvalue weighted by Crippen LogP contribution is 2.33. The molecule has 0 amide bonds. The van der Waals surface area contributed by atoms with E-state index < -0.39 is 17.8 Å². The third kappa shape index (κ3) is 4.23. The number of pyridine rings is 1. The van der Waals surface area contributed by atoms with Crippen molar-refractivity contribution in [1.82, 2.24) is 4.98 Å². The molecule has 1 unspecified atom stereocenters. The van der Waals surface area contributed by atoms with Crippen molar-refractivity contribution in [3.63, 3.8) is 0 Å². The van der Waals surface area contributed by atoms with Gasteiger partial charge in [-0.15, -0.1) is 0 Å². The minimum absolute atomic E-state index is 0.224. The fourth-order valence-corrected chi connectivity index (χ4v) is 2.35. The Hall–Kier alpha value is -1.50. The molecule has 2 heterocycles. The van der Waals surface area contributed by atoms with Gasteiger partial charge < -0.3 is 15.3 Å². The van der Waals surface area contributed by atoms with Crippen LogP contribution in [-0.4, -0.2) is 35.8 Å². The first kappa shape index (κ1) is 15.9. The Labute approximate surface area is 122 Å². The molecule has 0 saturated carbocycles. The molecule has 0 bridgehead atoms. The van der Waals surface area contributed by atoms with Crippen LogP contribution in [0.25, 0.3) is 0 Å². The zero-order valence-electron chi connectivity index (χ0n) is 12.0. The van der Waals surface area contributed by atoms with Gasteiger partial charge in [-0.1, -0.05) is 6.92 Å². The van der Waals surface area contributed by atoms with Crippen LogP contribution in [0.2, 0.25) is 0 Å². The highest BCUT2D eigenvalue weighted by Gasteiger charge is 2.32. The number of piperidine rings is 1. The quantitative estimate of drug-likeness (QED) is 0.898. The monoisotopic (exact) mass is 303 g/mol. The summed E-state index contributed by atoms with van der Waals surface area (Å²) in [5, 5.41) is 12.6. The van der Waals surface area contributed by atoms with Gasteiger partial charge in [0.15, 0.2) is 0 Å². The Balaban J connectivity index is 2.30. The van der Waals surface area contributed by atoms with Crippen LogP contribution in [0, 0.1) is 0 Å². The van der Waals surface area contributed by atoms with Gasteiger partial charge in [-0.2, -0.15) is 13.2 Å². The number of aliphatic hydroxyl groups excluding tert-OH is 1. The second-order valence-electron chi connectivity index (χ2n) is 5.27. The Morgan fingerprint density at radius 1 is 1.43 bits per heavy atom. The van der Waals surface area contributed by atoms with Crippen molar-refractivity contribution < 1.29 is 18.3 Å². The molecule has 1 aromatic heterocycles. The molecule has 7 heteroatoms. The summed E-state index contributed by atoms with van der Waals surface area (Å²) in [6.45, 7) is 3.43. The van der Waals surface area contributed by atoms with Gasteiger partial charge in [-0.05, 0) is 31.4 Å². The fraction of sp³-hybridized carbons (Fsp3) is 0.643. The van der Waals surface area contributed by atoms with Crippen molar-refractivity contribution in [2.75, 3.05) is 29.9 Å². The van der Waals surface area contributed by atoms with Crippen LogP contribution in [0.3, 0.4) is 0 Å². The number of alkyl halides is 3. The lowest BCUT2D eigenvalue weighted by Gasteiger charge is -2.31. The Morgan fingerprint density at radius 3 is 2.81 bits per heavy atom. The Kier molecular flexibility index (Phi) is 4.92. The van der Waals surface area contributed by atoms with E-state index in [1.807, 2.05) is 6.92 Å². The summed E-state index contributed by atoms with van der Waals surface area (Å²) in [6.07, 6.45) is -2.69. The molecule has 1 aliphatic heterocycles. The largest absolute Gasteiger partial charge is 0.416 e. The minimum Gasteiger partial charge on any atom is -0.391 e. The third-order valence-electron chi connectivity index (χ3n) is 3.42. The van der Waals surface area contributed by atoms with E-state index in [4.69, 9.17) is 0 Å². The summed E-state index contributed by atoms with van der Waals surface area (Å²) in [5.41, 5.74) is -0.717. The van der Waals surface area contributed by atoms with Crippen LogP contribution in [-0.2, 0) is 6.18 Å². The summed E-state index contributed by atoms with van der Waals surface area (Å²) in [6, 6.07) is 2.08. The number of halogens is 3. The number of anilines is 2. The van der Waals surface area contributed by atoms with Crippen molar-refractivity contribution in [2.45, 2.75) is 38.5 Å². The lowest BCUT2D eigenvalue weighted by Crippen LogP contribution is -2.38. The first-order valence-corrected chi connectivity index (χ1v) is 7.16. The maximum atomic E-state index is 13.0. The molecule has 118 valence electrons. The summed E-state index contributed by atoms with van der Waals surface area (Å²) in [5.74, 6) is 0.490. The number of nitrogens with zero attached hydrogens (tertiary/aromatic N) is 2. The molecular weight excluding hydrogens is 283 g/mol. The van der Waals surface area contributed by atoms with Crippen molar-refractivity contribution in [2.24, 2.45) is 0 Å². The van der Waals surface area contributed by atoms with Crippen LogP contribution < -0.4 is 10.2 Å². The topological polar surface area (TPSA) is 48.4 Å². The number of hydrogen-bond acceptors (Lipinski definition) is 4. The lowest BCUT2D eigenvalue weighted by molar-refractivity contribution is -0.137. The molecule has 21 heavy (non-hydrogen) atoms. The summed E-state index contributed by atoms with van der Waals surface area (Å²) in [4.78, 5) is 5.96. The normalized spacial score (nSPS) is 19.7. The second-order valence-corrected chi connectivity index (χ2v) is 5.27. The number of aliphatic hydroxyl groups is 1. The average molecular weight is 303 g/mol. The highest BCUT2D eigenvalue weighted by atomic mass is 19.4. The maximum absolute atomic E-state index is 13.0. The van der Waals surface area contributed by atoms with Crippen LogP contribution >= 0.6 is 0 Å². The SMILES string of the molecule is CCCNc1cc(C(F)(F)F)cc(N2CCCC(O)C2)n1. The average Bonchev–Trinajstić information content (AvgIpc) is 2.44. The zero-order valence-corrected chi connectivity index (χ0v) is 12.0. The van der Waals surface area contributed by atoms with E-state index in [1.165, 1.54) is 0 Å². The van der Waals surface area contributed by atoms with Gasteiger partial charge in [-0.3, -0.25) is 0 Å². The molecule has 0 spiro atoms. The maximum Gasteiger partial charge on any atom is 0.416 e. The van der Waals surface area contributed by atoms with E-state index in [0.29, 0.717) is 26.1 Å². The number of aromatic nitrogens is 1. The molecule has 1 atom stereocenters. The second kappa shape index (κ2) is 6.51. The van der Waals surface area contributed by atoms with Crippen LogP contribution in [0.15, 0.2) is 12.1 Å². The van der Waals surface area contributed by atoms with E-state index in [0.717, 1.165) is 25.0 Å². The van der Waals surface area contributed by atoms with E-state index in [1.54, 1.807) is 4.90 Å². The number of β-amino-alcohol motifs (C(OH)–C–C–N with tert-alkyl or cyclic N) is 1. The number of hydrogen-bond donors (Lipinski definition) is 2. The van der Waals surface area contributed by atoms with Crippen molar-refractivity contribution in [3.05, 3.63) is 17.7 Å². The highest BCUT2D eigenvalue weighted by molar-refractivity contribution is 5.51. The molecule has 1 fully saturated rings. The molecular formula is C14H20F3N3O. The standard InChI is InChI=1S/C14H20F3N3O/c1-2-5-18-12-7-10(14(15,16)17)8-13(19-12)20-6-3-4-11(21)9-20/h7-8,11,21H,2-6,9H2,1H3,(H,18,19). The van der Waals surface area contributed by atoms with Crippen LogP contribution in [0.5, 0.6) is 0 Å². The van der Waals surface area contributed by atoms with Crippen molar-refractivity contribution >= 4 is 11.6 Å². The van der Waals surface area contributed by atoms with E-state index in [9.17, 15) is 18.3 Å². The molecule has 1 aliphatic rings. The molecule has 0 aromatic carbocycles. The predicted molar refractivity (Wildman–Crippen MR) is 75.5 cm³/mol. The number of nitrogens with one attached hydrogen (secondary N) is 1. The lowest BCUT2D eigenvalue weighted by atomic mass is 10.1. The molecule has 1 saturated heterocycles. The Bertz CT molecular complexity index is 479. The zero-order chi connectivity index (χ0) is 15.5. The first-order chi connectivity index (χ1) is 9.90. The van der Waals surface area contributed by atoms with Gasteiger partial charge >= 0.3 is 6.18 Å². The fourth-order valence-electron chi connectivity index (χ4n) is 2.35. The smallest absolute Gasteiger partial charge is 0.391 e. The van der Waals surface area contributed by atoms with E-state index in [2.05, 4.69) is 10.3 Å². The summed E-state index contributed by atoms with van der Waals surface area (Å²) < 4.78 is 39.0. The third-order valence-corrected chi connectivity index (χ3v) is 3.42. The molecule has 2 N–H and O–H groups in total. The summed E-state index contributed by atoms with van der Waals surface area (Å²) >= 11 is 0. The molecule has 1 aromatic rings. The minimum atomic E-state index is -4.41. The Morgan fingerprint density at radius 2 is 2.19 bits per heavy atom. The van der Waals surface area contributed by atoms with Crippen molar-refractivity contribution in [3.8, 4) is 0 Å². The van der Waals surface area contributed by atoms with Crippen LogP contribution in [0.1, 0.15) is 31.7 Å². The van der Waals surface area contributed by atoms with Crippen LogP contribution in [0.4, 0.5) is 24.8 Å². The molecule has 0 radical (unpaired) electrons. The van der Waals surface area contributed by atoms with E-state index >= 15 is 0 Å². The van der Waals surface area contributed by atoms with Gasteiger partial charge in [0.25, 0.3) is 0 Å².